The zero-order valence-corrected chi connectivity index (χ0v) is 14.1. The van der Waals surface area contributed by atoms with E-state index in [1.165, 1.54) is 0 Å². The first-order chi connectivity index (χ1) is 10.7. The molecule has 1 rings (SSSR count). The molecule has 0 aromatic heterocycles. The average molecular weight is 323 g/mol. The first-order valence-electron chi connectivity index (χ1n) is 7.50. The topological polar surface area (TPSA) is 84.9 Å². The Morgan fingerprint density at radius 1 is 1.17 bits per heavy atom. The minimum atomic E-state index is -1.04. The van der Waals surface area contributed by atoms with Gasteiger partial charge in [-0.1, -0.05) is 20.8 Å². The summed E-state index contributed by atoms with van der Waals surface area (Å²) in [5.74, 6) is -0.286. The highest BCUT2D eigenvalue weighted by Crippen LogP contribution is 2.21. The summed E-state index contributed by atoms with van der Waals surface area (Å²) in [6.45, 7) is 5.85. The van der Waals surface area contributed by atoms with E-state index in [1.807, 2.05) is 20.8 Å². The predicted octanol–water partition coefficient (Wildman–Crippen LogP) is 2.47. The number of ether oxygens (including phenoxy) is 2. The van der Waals surface area contributed by atoms with E-state index in [0.717, 1.165) is 0 Å². The van der Waals surface area contributed by atoms with Gasteiger partial charge in [0.15, 0.2) is 6.61 Å². The fourth-order valence-corrected chi connectivity index (χ4v) is 1.89. The zero-order chi connectivity index (χ0) is 17.5. The van der Waals surface area contributed by atoms with Crippen LogP contribution in [0.3, 0.4) is 0 Å². The summed E-state index contributed by atoms with van der Waals surface area (Å²) >= 11 is 0. The lowest BCUT2D eigenvalue weighted by Gasteiger charge is -2.21. The largest absolute Gasteiger partial charge is 0.497 e. The van der Waals surface area contributed by atoms with Crippen LogP contribution in [0.25, 0.3) is 0 Å². The smallest absolute Gasteiger partial charge is 0.326 e. The minimum Gasteiger partial charge on any atom is -0.497 e. The fraction of sp³-hybridized carbons (Fsp3) is 0.529. The Balaban J connectivity index is 2.47. The van der Waals surface area contributed by atoms with E-state index < -0.39 is 17.9 Å². The molecule has 0 heterocycles. The molecule has 0 bridgehead atoms. The Bertz CT molecular complexity index is 519. The van der Waals surface area contributed by atoms with Crippen molar-refractivity contribution in [3.63, 3.8) is 0 Å². The highest BCUT2D eigenvalue weighted by atomic mass is 16.5. The van der Waals surface area contributed by atoms with Gasteiger partial charge < -0.3 is 19.9 Å². The third kappa shape index (κ3) is 7.54. The van der Waals surface area contributed by atoms with E-state index >= 15 is 0 Å². The van der Waals surface area contributed by atoms with Crippen LogP contribution in [-0.2, 0) is 9.59 Å². The highest BCUT2D eigenvalue weighted by molar-refractivity contribution is 5.84. The van der Waals surface area contributed by atoms with Gasteiger partial charge >= 0.3 is 5.97 Å². The second kappa shape index (κ2) is 8.41. The molecule has 1 amide bonds. The van der Waals surface area contributed by atoms with Crippen molar-refractivity contribution in [3.05, 3.63) is 24.3 Å². The van der Waals surface area contributed by atoms with E-state index in [2.05, 4.69) is 5.32 Å². The Hall–Kier alpha value is -2.24. The molecule has 0 aliphatic rings. The highest BCUT2D eigenvalue weighted by Gasteiger charge is 2.22. The number of benzene rings is 1. The molecule has 0 fully saturated rings. The third-order valence-electron chi connectivity index (χ3n) is 3.25. The molecule has 0 radical (unpaired) electrons. The molecule has 1 atom stereocenters. The Morgan fingerprint density at radius 2 is 1.74 bits per heavy atom. The fourth-order valence-electron chi connectivity index (χ4n) is 1.89. The van der Waals surface area contributed by atoms with Crippen LogP contribution in [-0.4, -0.2) is 36.7 Å². The summed E-state index contributed by atoms with van der Waals surface area (Å²) < 4.78 is 10.4. The van der Waals surface area contributed by atoms with Gasteiger partial charge in [-0.2, -0.15) is 0 Å². The number of methoxy groups -OCH3 is 1. The van der Waals surface area contributed by atoms with E-state index in [0.29, 0.717) is 24.3 Å². The Labute approximate surface area is 136 Å². The van der Waals surface area contributed by atoms with Crippen molar-refractivity contribution in [2.24, 2.45) is 5.41 Å². The Kier molecular flexibility index (Phi) is 6.88. The van der Waals surface area contributed by atoms with Crippen molar-refractivity contribution < 1.29 is 24.2 Å². The van der Waals surface area contributed by atoms with Gasteiger partial charge in [0, 0.05) is 0 Å². The minimum absolute atomic E-state index is 0.0119. The first-order valence-corrected chi connectivity index (χ1v) is 7.50. The van der Waals surface area contributed by atoms with Gasteiger partial charge in [-0.3, -0.25) is 4.79 Å². The van der Waals surface area contributed by atoms with Gasteiger partial charge in [-0.25, -0.2) is 4.79 Å². The monoisotopic (exact) mass is 323 g/mol. The number of rotatable bonds is 8. The summed E-state index contributed by atoms with van der Waals surface area (Å²) in [6.07, 6.45) is 1.08. The maximum atomic E-state index is 11.9. The van der Waals surface area contributed by atoms with Gasteiger partial charge in [0.25, 0.3) is 5.91 Å². The van der Waals surface area contributed by atoms with Crippen molar-refractivity contribution in [1.29, 1.82) is 0 Å². The van der Waals surface area contributed by atoms with E-state index in [9.17, 15) is 14.7 Å². The molecule has 0 saturated carbocycles. The van der Waals surface area contributed by atoms with Gasteiger partial charge in [-0.05, 0) is 42.5 Å². The number of carboxylic acids is 1. The van der Waals surface area contributed by atoms with Crippen molar-refractivity contribution in [1.82, 2.24) is 5.32 Å². The zero-order valence-electron chi connectivity index (χ0n) is 14.1. The molecule has 0 aliphatic heterocycles. The molecular formula is C17H25NO5. The number of aliphatic carboxylic acids is 1. The molecule has 23 heavy (non-hydrogen) atoms. The third-order valence-corrected chi connectivity index (χ3v) is 3.25. The molecular weight excluding hydrogens is 298 g/mol. The molecule has 1 unspecified atom stereocenters. The van der Waals surface area contributed by atoms with Gasteiger partial charge in [-0.15, -0.1) is 0 Å². The van der Waals surface area contributed by atoms with Crippen LogP contribution < -0.4 is 14.8 Å². The standard InChI is InChI=1S/C17H25NO5/c1-17(2,3)10-9-14(16(20)21)18-15(19)11-23-13-7-5-12(22-4)6-8-13/h5-8,14H,9-11H2,1-4H3,(H,18,19)(H,20,21). The molecule has 0 saturated heterocycles. The number of carbonyl (C=O) groups is 2. The molecule has 128 valence electrons. The van der Waals surface area contributed by atoms with Crippen LogP contribution in [0.5, 0.6) is 11.5 Å². The molecule has 2 N–H and O–H groups in total. The average Bonchev–Trinajstić information content (AvgIpc) is 2.48. The molecule has 0 spiro atoms. The van der Waals surface area contributed by atoms with E-state index in [-0.39, 0.29) is 12.0 Å². The van der Waals surface area contributed by atoms with Crippen molar-refractivity contribution >= 4 is 11.9 Å². The second-order valence-electron chi connectivity index (χ2n) is 6.52. The maximum Gasteiger partial charge on any atom is 0.326 e. The summed E-state index contributed by atoms with van der Waals surface area (Å²) in [4.78, 5) is 23.1. The number of carbonyl (C=O) groups excluding carboxylic acids is 1. The normalized spacial score (nSPS) is 12.3. The SMILES string of the molecule is COc1ccc(OCC(=O)NC(CCC(C)(C)C)C(=O)O)cc1. The lowest BCUT2D eigenvalue weighted by molar-refractivity contribution is -0.142. The van der Waals surface area contributed by atoms with Crippen LogP contribution in [0.1, 0.15) is 33.6 Å². The summed E-state index contributed by atoms with van der Waals surface area (Å²) in [5.41, 5.74) is 0.0119. The summed E-state index contributed by atoms with van der Waals surface area (Å²) in [5, 5.41) is 11.7. The predicted molar refractivity (Wildman–Crippen MR) is 86.7 cm³/mol. The first kappa shape index (κ1) is 18.8. The van der Waals surface area contributed by atoms with Crippen LogP contribution >= 0.6 is 0 Å². The molecule has 1 aromatic carbocycles. The Morgan fingerprint density at radius 3 is 2.22 bits per heavy atom. The number of nitrogens with one attached hydrogen (secondary N) is 1. The molecule has 1 aromatic rings. The molecule has 0 aliphatic carbocycles. The van der Waals surface area contributed by atoms with Gasteiger partial charge in [0.1, 0.15) is 17.5 Å². The van der Waals surface area contributed by atoms with Crippen LogP contribution in [0, 0.1) is 5.41 Å². The lowest BCUT2D eigenvalue weighted by Crippen LogP contribution is -2.43. The van der Waals surface area contributed by atoms with Crippen LogP contribution in [0.15, 0.2) is 24.3 Å². The maximum absolute atomic E-state index is 11.9. The molecule has 6 nitrogen and oxygen atoms in total. The number of amides is 1. The number of hydrogen-bond acceptors (Lipinski definition) is 4. The number of carboxylic acid groups (broad SMARTS) is 1. The quantitative estimate of drug-likeness (QED) is 0.767. The van der Waals surface area contributed by atoms with Crippen LogP contribution in [0.2, 0.25) is 0 Å². The number of hydrogen-bond donors (Lipinski definition) is 2. The van der Waals surface area contributed by atoms with E-state index in [1.54, 1.807) is 31.4 Å². The van der Waals surface area contributed by atoms with Crippen molar-refractivity contribution in [2.75, 3.05) is 13.7 Å². The van der Waals surface area contributed by atoms with Crippen LogP contribution in [0.4, 0.5) is 0 Å². The van der Waals surface area contributed by atoms with Crippen molar-refractivity contribution in [2.45, 2.75) is 39.7 Å². The molecule has 6 heteroatoms. The summed E-state index contributed by atoms with van der Waals surface area (Å²) in [6, 6.07) is 5.90. The summed E-state index contributed by atoms with van der Waals surface area (Å²) in [7, 11) is 1.56. The van der Waals surface area contributed by atoms with Gasteiger partial charge in [0.2, 0.25) is 0 Å². The van der Waals surface area contributed by atoms with Crippen molar-refractivity contribution in [3.8, 4) is 11.5 Å². The van der Waals surface area contributed by atoms with E-state index in [4.69, 9.17) is 9.47 Å². The van der Waals surface area contributed by atoms with Gasteiger partial charge in [0.05, 0.1) is 7.11 Å². The second-order valence-corrected chi connectivity index (χ2v) is 6.52. The lowest BCUT2D eigenvalue weighted by atomic mass is 9.88.